The minimum atomic E-state index is -3.01. The molecule has 20 heavy (non-hydrogen) atoms. The van der Waals surface area contributed by atoms with Crippen molar-refractivity contribution in [1.29, 1.82) is 5.26 Å². The Morgan fingerprint density at radius 2 is 1.40 bits per heavy atom. The third-order valence-corrected chi connectivity index (χ3v) is 6.08. The molecule has 0 saturated heterocycles. The number of Topliss-reactive ketones (excluding diaryl/α,β-unsaturated/α-hetero) is 1. The lowest BCUT2D eigenvalue weighted by atomic mass is 10.3. The Labute approximate surface area is 118 Å². The molecule has 0 aliphatic carbocycles. The van der Waals surface area contributed by atoms with Crippen LogP contribution < -0.4 is 10.6 Å². The fourth-order valence-corrected chi connectivity index (χ4v) is 4.64. The lowest BCUT2D eigenvalue weighted by molar-refractivity contribution is -0.115. The molecule has 0 aliphatic heterocycles. The molecule has 0 saturated carbocycles. The number of ketones is 1. The molecule has 0 heterocycles. The van der Waals surface area contributed by atoms with E-state index >= 15 is 0 Å². The SMILES string of the molecule is N#CCC(=O)CP(=O)(c1ccccc1)c1ccccc1. The fourth-order valence-electron chi connectivity index (χ4n) is 2.06. The van der Waals surface area contributed by atoms with E-state index in [1.54, 1.807) is 48.5 Å². The summed E-state index contributed by atoms with van der Waals surface area (Å²) in [5, 5.41) is 9.92. The molecule has 100 valence electrons. The predicted octanol–water partition coefficient (Wildman–Crippen LogP) is 2.48. The van der Waals surface area contributed by atoms with Crippen molar-refractivity contribution in [3.8, 4) is 6.07 Å². The summed E-state index contributed by atoms with van der Waals surface area (Å²) >= 11 is 0. The van der Waals surface area contributed by atoms with Crippen molar-refractivity contribution in [3.63, 3.8) is 0 Å². The van der Waals surface area contributed by atoms with E-state index in [1.807, 2.05) is 18.2 Å². The highest BCUT2D eigenvalue weighted by Gasteiger charge is 2.29. The van der Waals surface area contributed by atoms with Crippen LogP contribution in [0.3, 0.4) is 0 Å². The van der Waals surface area contributed by atoms with E-state index in [-0.39, 0.29) is 18.4 Å². The highest BCUT2D eigenvalue weighted by molar-refractivity contribution is 7.79. The molecule has 0 unspecified atom stereocenters. The van der Waals surface area contributed by atoms with Crippen LogP contribution in [0.2, 0.25) is 0 Å². The molecule has 4 heteroatoms. The van der Waals surface area contributed by atoms with Gasteiger partial charge in [0.25, 0.3) is 0 Å². The second-order valence-electron chi connectivity index (χ2n) is 4.44. The van der Waals surface area contributed by atoms with E-state index in [4.69, 9.17) is 5.26 Å². The summed E-state index contributed by atoms with van der Waals surface area (Å²) in [5.41, 5.74) is 0. The number of nitriles is 1. The van der Waals surface area contributed by atoms with Gasteiger partial charge in [-0.2, -0.15) is 5.26 Å². The van der Waals surface area contributed by atoms with E-state index in [1.165, 1.54) is 0 Å². The summed E-state index contributed by atoms with van der Waals surface area (Å²) in [4.78, 5) is 11.8. The monoisotopic (exact) mass is 283 g/mol. The van der Waals surface area contributed by atoms with Crippen molar-refractivity contribution in [2.45, 2.75) is 6.42 Å². The number of rotatable bonds is 5. The Hall–Kier alpha value is -2.17. The maximum atomic E-state index is 13.4. The Bertz CT molecular complexity index is 631. The quantitative estimate of drug-likeness (QED) is 0.792. The normalized spacial score (nSPS) is 10.8. The summed E-state index contributed by atoms with van der Waals surface area (Å²) in [5.74, 6) is -0.288. The molecule has 0 spiro atoms. The largest absolute Gasteiger partial charge is 0.313 e. The van der Waals surface area contributed by atoms with E-state index in [9.17, 15) is 9.36 Å². The Balaban J connectivity index is 2.48. The smallest absolute Gasteiger partial charge is 0.154 e. The van der Waals surface area contributed by atoms with Crippen LogP contribution in [0, 0.1) is 11.3 Å². The van der Waals surface area contributed by atoms with Crippen LogP contribution in [-0.2, 0) is 9.36 Å². The summed E-state index contributed by atoms with van der Waals surface area (Å²) in [6, 6.07) is 19.8. The fraction of sp³-hybridized carbons (Fsp3) is 0.125. The minimum absolute atomic E-state index is 0.103. The molecule has 0 fully saturated rings. The number of hydrogen-bond acceptors (Lipinski definition) is 3. The standard InChI is InChI=1S/C16H14NO2P/c17-12-11-14(18)13-20(19,15-7-3-1-4-8-15)16-9-5-2-6-10-16/h1-10H,11,13H2. The first-order valence-electron chi connectivity index (χ1n) is 6.26. The van der Waals surface area contributed by atoms with Gasteiger partial charge in [0.05, 0.1) is 18.7 Å². The topological polar surface area (TPSA) is 57.9 Å². The number of nitrogens with zero attached hydrogens (tertiary/aromatic N) is 1. The zero-order chi connectivity index (χ0) is 14.4. The molecule has 2 aromatic carbocycles. The van der Waals surface area contributed by atoms with Crippen LogP contribution in [-0.4, -0.2) is 11.9 Å². The lowest BCUT2D eigenvalue weighted by Gasteiger charge is -2.18. The summed E-state index contributed by atoms with van der Waals surface area (Å²) in [6.07, 6.45) is -0.307. The van der Waals surface area contributed by atoms with Gasteiger partial charge in [-0.05, 0) is 0 Å². The van der Waals surface area contributed by atoms with E-state index in [2.05, 4.69) is 0 Å². The number of hydrogen-bond donors (Lipinski definition) is 0. The first kappa shape index (κ1) is 14.2. The predicted molar refractivity (Wildman–Crippen MR) is 79.9 cm³/mol. The third kappa shape index (κ3) is 3.04. The lowest BCUT2D eigenvalue weighted by Crippen LogP contribution is -2.22. The van der Waals surface area contributed by atoms with Crippen LogP contribution >= 0.6 is 7.14 Å². The van der Waals surface area contributed by atoms with Gasteiger partial charge in [-0.25, -0.2) is 0 Å². The van der Waals surface area contributed by atoms with Crippen molar-refractivity contribution < 1.29 is 9.36 Å². The van der Waals surface area contributed by atoms with Gasteiger partial charge in [-0.1, -0.05) is 60.7 Å². The van der Waals surface area contributed by atoms with Gasteiger partial charge in [-0.3, -0.25) is 4.79 Å². The molecule has 0 amide bonds. The maximum absolute atomic E-state index is 13.4. The van der Waals surface area contributed by atoms with Gasteiger partial charge in [-0.15, -0.1) is 0 Å². The van der Waals surface area contributed by atoms with Crippen LogP contribution in [0.5, 0.6) is 0 Å². The molecular weight excluding hydrogens is 269 g/mol. The van der Waals surface area contributed by atoms with Gasteiger partial charge in [0, 0.05) is 10.6 Å². The molecule has 0 atom stereocenters. The Kier molecular flexibility index (Phi) is 4.50. The highest BCUT2D eigenvalue weighted by atomic mass is 31.2. The van der Waals surface area contributed by atoms with Crippen molar-refractivity contribution in [2.24, 2.45) is 0 Å². The first-order valence-corrected chi connectivity index (χ1v) is 8.15. The molecule has 2 rings (SSSR count). The summed E-state index contributed by atoms with van der Waals surface area (Å²) in [7, 11) is -3.01. The van der Waals surface area contributed by atoms with Crippen molar-refractivity contribution in [2.75, 3.05) is 6.16 Å². The molecular formula is C16H14NO2P. The molecule has 0 aromatic heterocycles. The van der Waals surface area contributed by atoms with Gasteiger partial charge < -0.3 is 4.57 Å². The molecule has 0 aliphatic rings. The summed E-state index contributed by atoms with van der Waals surface area (Å²) < 4.78 is 13.4. The number of carbonyl (C=O) groups excluding carboxylic acids is 1. The maximum Gasteiger partial charge on any atom is 0.154 e. The second kappa shape index (κ2) is 6.32. The average molecular weight is 283 g/mol. The second-order valence-corrected chi connectivity index (χ2v) is 7.27. The molecule has 0 N–H and O–H groups in total. The van der Waals surface area contributed by atoms with Gasteiger partial charge in [0.2, 0.25) is 0 Å². The number of benzene rings is 2. The van der Waals surface area contributed by atoms with E-state index < -0.39 is 7.14 Å². The molecule has 3 nitrogen and oxygen atoms in total. The van der Waals surface area contributed by atoms with Gasteiger partial charge >= 0.3 is 0 Å². The van der Waals surface area contributed by atoms with Crippen molar-refractivity contribution in [1.82, 2.24) is 0 Å². The Morgan fingerprint density at radius 1 is 0.950 bits per heavy atom. The number of carbonyl (C=O) groups is 1. The Morgan fingerprint density at radius 3 is 1.80 bits per heavy atom. The molecule has 2 aromatic rings. The van der Waals surface area contributed by atoms with Crippen LogP contribution in [0.15, 0.2) is 60.7 Å². The van der Waals surface area contributed by atoms with Gasteiger partial charge in [0.15, 0.2) is 5.78 Å². The van der Waals surface area contributed by atoms with Crippen LogP contribution in [0.4, 0.5) is 0 Å². The van der Waals surface area contributed by atoms with E-state index in [0.717, 1.165) is 0 Å². The zero-order valence-electron chi connectivity index (χ0n) is 10.9. The summed E-state index contributed by atoms with van der Waals surface area (Å²) in [6.45, 7) is 0. The van der Waals surface area contributed by atoms with Gasteiger partial charge in [0.1, 0.15) is 7.14 Å². The van der Waals surface area contributed by atoms with Crippen LogP contribution in [0.25, 0.3) is 0 Å². The van der Waals surface area contributed by atoms with Crippen molar-refractivity contribution >= 4 is 23.5 Å². The zero-order valence-corrected chi connectivity index (χ0v) is 11.8. The molecule has 0 radical (unpaired) electrons. The first-order chi connectivity index (χ1) is 9.66. The van der Waals surface area contributed by atoms with Crippen molar-refractivity contribution in [3.05, 3.63) is 60.7 Å². The van der Waals surface area contributed by atoms with E-state index in [0.29, 0.717) is 10.6 Å². The highest BCUT2D eigenvalue weighted by Crippen LogP contribution is 2.43. The minimum Gasteiger partial charge on any atom is -0.313 e. The molecule has 0 bridgehead atoms. The van der Waals surface area contributed by atoms with Crippen LogP contribution in [0.1, 0.15) is 6.42 Å². The third-order valence-electron chi connectivity index (χ3n) is 3.02. The average Bonchev–Trinajstić information content (AvgIpc) is 2.49.